The fourth-order valence-corrected chi connectivity index (χ4v) is 4.56. The lowest BCUT2D eigenvalue weighted by molar-refractivity contribution is 0.185. The van der Waals surface area contributed by atoms with E-state index in [0.717, 1.165) is 17.4 Å². The topological polar surface area (TPSA) is 79.8 Å². The molecule has 3 aromatic rings. The summed E-state index contributed by atoms with van der Waals surface area (Å²) in [6, 6.07) is 13.7. The standard InChI is InChI=1S/C24H29N5O3S/c1-16-5-7-18(8-6-16)11-22-26-24(33-27-22)28-9-10-29(17(2)15-28)23(30)25-19-12-20(31-3)14-21(13-19)32-4/h5-8,12-14,17H,9-11,15H2,1-4H3,(H,25,30). The number of nitrogens with one attached hydrogen (secondary N) is 1. The summed E-state index contributed by atoms with van der Waals surface area (Å²) in [5, 5.41) is 3.87. The SMILES string of the molecule is COc1cc(NC(=O)N2CCN(c3nc(Cc4ccc(C)cc4)ns3)CC2C)cc(OC)c1. The lowest BCUT2D eigenvalue weighted by Crippen LogP contribution is -2.55. The van der Waals surface area contributed by atoms with Gasteiger partial charge in [0, 0.05) is 67.5 Å². The van der Waals surface area contributed by atoms with Gasteiger partial charge in [0.2, 0.25) is 5.13 Å². The fourth-order valence-electron chi connectivity index (χ4n) is 3.84. The molecule has 2 aromatic carbocycles. The number of aryl methyl sites for hydroxylation is 1. The number of urea groups is 1. The highest BCUT2D eigenvalue weighted by Crippen LogP contribution is 2.27. The molecule has 0 aliphatic carbocycles. The maximum atomic E-state index is 12.9. The van der Waals surface area contributed by atoms with E-state index in [1.165, 1.54) is 22.7 Å². The number of rotatable bonds is 6. The molecular weight excluding hydrogens is 438 g/mol. The van der Waals surface area contributed by atoms with Crippen molar-refractivity contribution in [1.82, 2.24) is 14.3 Å². The minimum atomic E-state index is -0.144. The quantitative estimate of drug-likeness (QED) is 0.585. The van der Waals surface area contributed by atoms with Crippen LogP contribution >= 0.6 is 11.5 Å². The Hall–Kier alpha value is -3.33. The third-order valence-corrected chi connectivity index (χ3v) is 6.52. The van der Waals surface area contributed by atoms with Gasteiger partial charge in [-0.25, -0.2) is 9.78 Å². The molecule has 1 fully saturated rings. The number of amides is 2. The average molecular weight is 468 g/mol. The van der Waals surface area contributed by atoms with Gasteiger partial charge < -0.3 is 24.6 Å². The summed E-state index contributed by atoms with van der Waals surface area (Å²) in [6.45, 7) is 6.14. The average Bonchev–Trinajstić information content (AvgIpc) is 3.28. The van der Waals surface area contributed by atoms with Gasteiger partial charge in [0.15, 0.2) is 0 Å². The molecule has 1 unspecified atom stereocenters. The van der Waals surface area contributed by atoms with E-state index in [2.05, 4.69) is 45.8 Å². The summed E-state index contributed by atoms with van der Waals surface area (Å²) in [6.07, 6.45) is 0.721. The van der Waals surface area contributed by atoms with Crippen molar-refractivity contribution >= 4 is 28.4 Å². The lowest BCUT2D eigenvalue weighted by Gasteiger charge is -2.39. The Morgan fingerprint density at radius 1 is 1.12 bits per heavy atom. The van der Waals surface area contributed by atoms with Gasteiger partial charge in [-0.2, -0.15) is 4.37 Å². The summed E-state index contributed by atoms with van der Waals surface area (Å²) >= 11 is 1.42. The maximum absolute atomic E-state index is 12.9. The molecule has 1 atom stereocenters. The Balaban J connectivity index is 1.36. The van der Waals surface area contributed by atoms with Crippen LogP contribution in [0.4, 0.5) is 15.6 Å². The Labute approximate surface area is 198 Å². The molecule has 1 aliphatic rings. The molecule has 4 rings (SSSR count). The first-order valence-electron chi connectivity index (χ1n) is 10.9. The minimum Gasteiger partial charge on any atom is -0.497 e. The minimum absolute atomic E-state index is 0.0238. The summed E-state index contributed by atoms with van der Waals surface area (Å²) in [5.41, 5.74) is 3.08. The molecule has 0 saturated carbocycles. The molecule has 1 N–H and O–H groups in total. The zero-order valence-corrected chi connectivity index (χ0v) is 20.2. The van der Waals surface area contributed by atoms with Crippen LogP contribution in [-0.2, 0) is 6.42 Å². The van der Waals surface area contributed by atoms with Gasteiger partial charge in [0.1, 0.15) is 17.3 Å². The summed E-state index contributed by atoms with van der Waals surface area (Å²) in [7, 11) is 3.17. The molecule has 0 radical (unpaired) electrons. The zero-order chi connectivity index (χ0) is 23.4. The third kappa shape index (κ3) is 5.54. The van der Waals surface area contributed by atoms with Crippen molar-refractivity contribution in [3.63, 3.8) is 0 Å². The first-order chi connectivity index (χ1) is 15.9. The summed E-state index contributed by atoms with van der Waals surface area (Å²) < 4.78 is 15.1. The second kappa shape index (κ2) is 10.1. The van der Waals surface area contributed by atoms with Gasteiger partial charge in [-0.3, -0.25) is 0 Å². The van der Waals surface area contributed by atoms with Crippen LogP contribution in [-0.4, -0.2) is 60.2 Å². The van der Waals surface area contributed by atoms with E-state index in [0.29, 0.717) is 36.8 Å². The Kier molecular flexibility index (Phi) is 6.98. The number of ether oxygens (including phenoxy) is 2. The number of carbonyl (C=O) groups excluding carboxylic acids is 1. The van der Waals surface area contributed by atoms with E-state index >= 15 is 0 Å². The van der Waals surface area contributed by atoms with E-state index in [9.17, 15) is 4.79 Å². The smallest absolute Gasteiger partial charge is 0.322 e. The maximum Gasteiger partial charge on any atom is 0.322 e. The number of piperazine rings is 1. The molecule has 1 aliphatic heterocycles. The van der Waals surface area contributed by atoms with Crippen molar-refractivity contribution in [2.24, 2.45) is 0 Å². The second-order valence-electron chi connectivity index (χ2n) is 8.18. The largest absolute Gasteiger partial charge is 0.497 e. The van der Waals surface area contributed by atoms with Gasteiger partial charge in [-0.15, -0.1) is 0 Å². The first-order valence-corrected chi connectivity index (χ1v) is 11.7. The molecule has 2 amide bonds. The van der Waals surface area contributed by atoms with Crippen molar-refractivity contribution in [1.29, 1.82) is 0 Å². The molecule has 9 heteroatoms. The lowest BCUT2D eigenvalue weighted by atomic mass is 10.1. The van der Waals surface area contributed by atoms with E-state index in [-0.39, 0.29) is 12.1 Å². The zero-order valence-electron chi connectivity index (χ0n) is 19.4. The third-order valence-electron chi connectivity index (χ3n) is 5.70. The van der Waals surface area contributed by atoms with Crippen LogP contribution in [0.3, 0.4) is 0 Å². The molecule has 174 valence electrons. The number of benzene rings is 2. The molecule has 1 aromatic heterocycles. The van der Waals surface area contributed by atoms with Crippen molar-refractivity contribution in [3.05, 3.63) is 59.4 Å². The van der Waals surface area contributed by atoms with Crippen LogP contribution < -0.4 is 19.7 Å². The van der Waals surface area contributed by atoms with Crippen molar-refractivity contribution in [2.75, 3.05) is 44.1 Å². The number of aromatic nitrogens is 2. The normalized spacial score (nSPS) is 15.9. The Morgan fingerprint density at radius 2 is 1.82 bits per heavy atom. The highest BCUT2D eigenvalue weighted by Gasteiger charge is 2.29. The number of methoxy groups -OCH3 is 2. The van der Waals surface area contributed by atoms with Crippen LogP contribution in [0.5, 0.6) is 11.5 Å². The van der Waals surface area contributed by atoms with Crippen LogP contribution in [0.25, 0.3) is 0 Å². The predicted molar refractivity (Wildman–Crippen MR) is 131 cm³/mol. The monoisotopic (exact) mass is 467 g/mol. The predicted octanol–water partition coefficient (Wildman–Crippen LogP) is 4.20. The van der Waals surface area contributed by atoms with Gasteiger partial charge in [-0.1, -0.05) is 29.8 Å². The van der Waals surface area contributed by atoms with Gasteiger partial charge in [0.05, 0.1) is 14.2 Å². The van der Waals surface area contributed by atoms with Crippen LogP contribution in [0, 0.1) is 6.92 Å². The van der Waals surface area contributed by atoms with Gasteiger partial charge in [-0.05, 0) is 19.4 Å². The Morgan fingerprint density at radius 3 is 2.45 bits per heavy atom. The van der Waals surface area contributed by atoms with E-state index in [1.54, 1.807) is 32.4 Å². The second-order valence-corrected chi connectivity index (χ2v) is 8.91. The van der Waals surface area contributed by atoms with Gasteiger partial charge in [0.25, 0.3) is 0 Å². The number of hydrogen-bond acceptors (Lipinski definition) is 7. The van der Waals surface area contributed by atoms with Crippen LogP contribution in [0.1, 0.15) is 23.9 Å². The fraction of sp³-hybridized carbons (Fsp3) is 0.375. The Bertz CT molecular complexity index is 1080. The van der Waals surface area contributed by atoms with E-state index in [4.69, 9.17) is 14.5 Å². The molecule has 2 heterocycles. The number of nitrogens with zero attached hydrogens (tertiary/aromatic N) is 4. The van der Waals surface area contributed by atoms with Crippen LogP contribution in [0.15, 0.2) is 42.5 Å². The van der Waals surface area contributed by atoms with Crippen molar-refractivity contribution in [2.45, 2.75) is 26.3 Å². The van der Waals surface area contributed by atoms with E-state index in [1.807, 2.05) is 11.8 Å². The number of hydrogen-bond donors (Lipinski definition) is 1. The number of carbonyl (C=O) groups is 1. The first kappa shape index (κ1) is 22.8. The molecular formula is C24H29N5O3S. The summed E-state index contributed by atoms with van der Waals surface area (Å²) in [4.78, 5) is 21.7. The van der Waals surface area contributed by atoms with Crippen LogP contribution in [0.2, 0.25) is 0 Å². The van der Waals surface area contributed by atoms with E-state index < -0.39 is 0 Å². The van der Waals surface area contributed by atoms with Gasteiger partial charge >= 0.3 is 6.03 Å². The number of anilines is 2. The van der Waals surface area contributed by atoms with Crippen molar-refractivity contribution in [3.8, 4) is 11.5 Å². The van der Waals surface area contributed by atoms with Crippen molar-refractivity contribution < 1.29 is 14.3 Å². The molecule has 0 spiro atoms. The summed E-state index contributed by atoms with van der Waals surface area (Å²) in [5.74, 6) is 2.08. The molecule has 1 saturated heterocycles. The molecule has 8 nitrogen and oxygen atoms in total. The molecule has 33 heavy (non-hydrogen) atoms. The highest BCUT2D eigenvalue weighted by atomic mass is 32.1. The highest BCUT2D eigenvalue weighted by molar-refractivity contribution is 7.09. The molecule has 0 bridgehead atoms.